The quantitative estimate of drug-likeness (QED) is 0.514. The number of hydrogen-bond donors (Lipinski definition) is 2. The summed E-state index contributed by atoms with van der Waals surface area (Å²) in [7, 11) is 1.67. The summed E-state index contributed by atoms with van der Waals surface area (Å²) in [4.78, 5) is 18.1. The molecule has 1 aromatic rings. The van der Waals surface area contributed by atoms with E-state index in [9.17, 15) is 4.79 Å². The average Bonchev–Trinajstić information content (AvgIpc) is 3.23. The second kappa shape index (κ2) is 12.7. The second-order valence-electron chi connectivity index (χ2n) is 9.78. The van der Waals surface area contributed by atoms with Gasteiger partial charge >= 0.3 is 0 Å². The summed E-state index contributed by atoms with van der Waals surface area (Å²) < 4.78 is 5.12. The smallest absolute Gasteiger partial charge is 0.237 e. The molecule has 0 saturated carbocycles. The van der Waals surface area contributed by atoms with Crippen molar-refractivity contribution in [2.45, 2.75) is 77.0 Å². The van der Waals surface area contributed by atoms with Gasteiger partial charge < -0.3 is 20.3 Å². The van der Waals surface area contributed by atoms with Gasteiger partial charge in [-0.05, 0) is 62.4 Å². The van der Waals surface area contributed by atoms with Crippen LogP contribution in [-0.2, 0) is 16.1 Å². The Morgan fingerprint density at radius 3 is 2.53 bits per heavy atom. The maximum atomic E-state index is 13.0. The van der Waals surface area contributed by atoms with E-state index in [-0.39, 0.29) is 11.9 Å². The molecule has 32 heavy (non-hydrogen) atoms. The number of likely N-dealkylation sites (tertiary alicyclic amines) is 2. The van der Waals surface area contributed by atoms with Gasteiger partial charge in [0.25, 0.3) is 0 Å². The standard InChI is InChI=1S/C26H44N4O2/c1-5-13-29-14-10-24(11-15-29)30-19-23(17-25(30)26(31)27-12-16-32-4)28-18-21-6-8-22(9-7-21)20(2)3/h6-9,20,23-25,28H,5,10-19H2,1-4H3,(H,27,31)/t23-,25+/m1/s1. The highest BCUT2D eigenvalue weighted by Gasteiger charge is 2.40. The highest BCUT2D eigenvalue weighted by molar-refractivity contribution is 5.82. The van der Waals surface area contributed by atoms with Crippen LogP contribution in [-0.4, -0.2) is 80.3 Å². The molecule has 0 radical (unpaired) electrons. The third-order valence-electron chi connectivity index (χ3n) is 7.05. The van der Waals surface area contributed by atoms with Crippen LogP contribution in [0.3, 0.4) is 0 Å². The molecule has 0 aliphatic carbocycles. The van der Waals surface area contributed by atoms with Crippen LogP contribution in [0.1, 0.15) is 63.5 Å². The van der Waals surface area contributed by atoms with Gasteiger partial charge in [0.15, 0.2) is 0 Å². The van der Waals surface area contributed by atoms with Crippen molar-refractivity contribution in [1.82, 2.24) is 20.4 Å². The van der Waals surface area contributed by atoms with Crippen LogP contribution in [0.5, 0.6) is 0 Å². The zero-order valence-corrected chi connectivity index (χ0v) is 20.6. The molecule has 0 bridgehead atoms. The molecule has 1 aromatic carbocycles. The Morgan fingerprint density at radius 1 is 1.19 bits per heavy atom. The van der Waals surface area contributed by atoms with Crippen molar-refractivity contribution in [3.63, 3.8) is 0 Å². The maximum absolute atomic E-state index is 13.0. The highest BCUT2D eigenvalue weighted by atomic mass is 16.5. The van der Waals surface area contributed by atoms with Crippen molar-refractivity contribution in [2.75, 3.05) is 46.4 Å². The first-order valence-corrected chi connectivity index (χ1v) is 12.6. The number of piperidine rings is 1. The minimum Gasteiger partial charge on any atom is -0.383 e. The Balaban J connectivity index is 1.58. The number of ether oxygens (including phenoxy) is 1. The summed E-state index contributed by atoms with van der Waals surface area (Å²) in [5, 5.41) is 6.83. The fraction of sp³-hybridized carbons (Fsp3) is 0.731. The predicted molar refractivity (Wildman–Crippen MR) is 131 cm³/mol. The number of nitrogens with one attached hydrogen (secondary N) is 2. The van der Waals surface area contributed by atoms with Crippen LogP contribution in [0.2, 0.25) is 0 Å². The van der Waals surface area contributed by atoms with E-state index in [4.69, 9.17) is 4.74 Å². The molecule has 2 fully saturated rings. The summed E-state index contributed by atoms with van der Waals surface area (Å²) in [5.41, 5.74) is 2.69. The fourth-order valence-electron chi connectivity index (χ4n) is 5.14. The number of carbonyl (C=O) groups is 1. The van der Waals surface area contributed by atoms with Crippen LogP contribution < -0.4 is 10.6 Å². The minimum absolute atomic E-state index is 0.0459. The molecule has 2 heterocycles. The van der Waals surface area contributed by atoms with E-state index in [1.165, 1.54) is 24.1 Å². The summed E-state index contributed by atoms with van der Waals surface area (Å²) >= 11 is 0. The number of amides is 1. The van der Waals surface area contributed by atoms with E-state index in [2.05, 4.69) is 65.5 Å². The van der Waals surface area contributed by atoms with Crippen molar-refractivity contribution in [2.24, 2.45) is 0 Å². The van der Waals surface area contributed by atoms with Crippen LogP contribution in [0.25, 0.3) is 0 Å². The molecular weight excluding hydrogens is 400 g/mol. The number of nitrogens with zero attached hydrogens (tertiary/aromatic N) is 2. The Morgan fingerprint density at radius 2 is 1.91 bits per heavy atom. The number of methoxy groups -OCH3 is 1. The molecule has 2 aliphatic rings. The van der Waals surface area contributed by atoms with Crippen molar-refractivity contribution in [3.8, 4) is 0 Å². The summed E-state index contributed by atoms with van der Waals surface area (Å²) in [6, 6.07) is 9.72. The molecule has 0 unspecified atom stereocenters. The van der Waals surface area contributed by atoms with Crippen LogP contribution in [0, 0.1) is 0 Å². The summed E-state index contributed by atoms with van der Waals surface area (Å²) in [6.07, 6.45) is 4.40. The molecule has 2 N–H and O–H groups in total. The minimum atomic E-state index is -0.0459. The van der Waals surface area contributed by atoms with Gasteiger partial charge in [0.05, 0.1) is 12.6 Å². The molecule has 3 rings (SSSR count). The molecular formula is C26H44N4O2. The SMILES string of the molecule is CCCN1CCC(N2C[C@H](NCc3ccc(C(C)C)cc3)C[C@H]2C(=O)NCCOC)CC1. The number of carbonyl (C=O) groups excluding carboxylic acids is 1. The van der Waals surface area contributed by atoms with Crippen LogP contribution in [0.4, 0.5) is 0 Å². The number of hydrogen-bond acceptors (Lipinski definition) is 5. The lowest BCUT2D eigenvalue weighted by molar-refractivity contribution is -0.126. The molecule has 0 spiro atoms. The first-order chi connectivity index (χ1) is 15.5. The van der Waals surface area contributed by atoms with E-state index >= 15 is 0 Å². The third-order valence-corrected chi connectivity index (χ3v) is 7.05. The van der Waals surface area contributed by atoms with Crippen molar-refractivity contribution in [3.05, 3.63) is 35.4 Å². The first-order valence-electron chi connectivity index (χ1n) is 12.6. The van der Waals surface area contributed by atoms with Crippen LogP contribution in [0.15, 0.2) is 24.3 Å². The normalized spacial score (nSPS) is 23.2. The second-order valence-corrected chi connectivity index (χ2v) is 9.78. The predicted octanol–water partition coefficient (Wildman–Crippen LogP) is 2.98. The summed E-state index contributed by atoms with van der Waals surface area (Å²) in [5.74, 6) is 0.713. The van der Waals surface area contributed by atoms with Gasteiger partial charge in [-0.25, -0.2) is 0 Å². The third kappa shape index (κ3) is 7.01. The van der Waals surface area contributed by atoms with E-state index in [1.807, 2.05) is 0 Å². The van der Waals surface area contributed by atoms with E-state index in [0.29, 0.717) is 31.2 Å². The maximum Gasteiger partial charge on any atom is 0.237 e. The van der Waals surface area contributed by atoms with Crippen molar-refractivity contribution in [1.29, 1.82) is 0 Å². The topological polar surface area (TPSA) is 56.8 Å². The Kier molecular flexibility index (Phi) is 9.97. The molecule has 0 aromatic heterocycles. The first kappa shape index (κ1) is 25.2. The largest absolute Gasteiger partial charge is 0.383 e. The lowest BCUT2D eigenvalue weighted by Gasteiger charge is -2.39. The van der Waals surface area contributed by atoms with Gasteiger partial charge in [0, 0.05) is 38.8 Å². The van der Waals surface area contributed by atoms with Crippen molar-refractivity contribution < 1.29 is 9.53 Å². The monoisotopic (exact) mass is 444 g/mol. The molecule has 2 saturated heterocycles. The zero-order valence-electron chi connectivity index (χ0n) is 20.6. The van der Waals surface area contributed by atoms with Crippen LogP contribution >= 0.6 is 0 Å². The van der Waals surface area contributed by atoms with Gasteiger partial charge in [-0.3, -0.25) is 9.69 Å². The van der Waals surface area contributed by atoms with Gasteiger partial charge in [-0.2, -0.15) is 0 Å². The van der Waals surface area contributed by atoms with Gasteiger partial charge in [0.2, 0.25) is 5.91 Å². The van der Waals surface area contributed by atoms with E-state index in [1.54, 1.807) is 7.11 Å². The fourth-order valence-corrected chi connectivity index (χ4v) is 5.14. The molecule has 1 amide bonds. The molecule has 180 valence electrons. The average molecular weight is 445 g/mol. The van der Waals surface area contributed by atoms with E-state index in [0.717, 1.165) is 45.4 Å². The lowest BCUT2D eigenvalue weighted by Crippen LogP contribution is -2.51. The summed E-state index contributed by atoms with van der Waals surface area (Å²) in [6.45, 7) is 13.1. The van der Waals surface area contributed by atoms with Gasteiger partial charge in [0.1, 0.15) is 0 Å². The molecule has 2 aliphatic heterocycles. The molecule has 6 nitrogen and oxygen atoms in total. The number of rotatable bonds is 11. The highest BCUT2D eigenvalue weighted by Crippen LogP contribution is 2.27. The Labute approximate surface area is 195 Å². The molecule has 2 atom stereocenters. The zero-order chi connectivity index (χ0) is 22.9. The van der Waals surface area contributed by atoms with E-state index < -0.39 is 0 Å². The van der Waals surface area contributed by atoms with Gasteiger partial charge in [-0.15, -0.1) is 0 Å². The Bertz CT molecular complexity index is 686. The Hall–Kier alpha value is -1.47. The van der Waals surface area contributed by atoms with Gasteiger partial charge in [-0.1, -0.05) is 45.0 Å². The number of benzene rings is 1. The van der Waals surface area contributed by atoms with Crippen molar-refractivity contribution >= 4 is 5.91 Å². The lowest BCUT2D eigenvalue weighted by atomic mass is 10.0. The molecule has 6 heteroatoms.